The van der Waals surface area contributed by atoms with Crippen LogP contribution in [-0.2, 0) is 4.74 Å². The topological polar surface area (TPSA) is 24.5 Å². The van der Waals surface area contributed by atoms with Crippen molar-refractivity contribution in [2.24, 2.45) is 5.41 Å². The van der Waals surface area contributed by atoms with E-state index in [9.17, 15) is 0 Å². The molecule has 17 heavy (non-hydrogen) atoms. The minimum absolute atomic E-state index is 0.735. The second-order valence-corrected chi connectivity index (χ2v) is 6.21. The molecule has 0 amide bonds. The van der Waals surface area contributed by atoms with Gasteiger partial charge >= 0.3 is 0 Å². The standard InChI is InChI=1S/C14H26N2O/c1-2-6-14(5-1)7-3-13(4-8-14)15-16-9-11-17-12-10-16/h13,15H,1-12H2. The fourth-order valence-electron chi connectivity index (χ4n) is 3.93. The predicted molar refractivity (Wildman–Crippen MR) is 68.7 cm³/mol. The molecule has 0 aromatic rings. The number of rotatable bonds is 2. The first-order valence-electron chi connectivity index (χ1n) is 7.45. The van der Waals surface area contributed by atoms with Gasteiger partial charge < -0.3 is 4.74 Å². The normalized spacial score (nSPS) is 31.1. The number of hydrogen-bond donors (Lipinski definition) is 1. The van der Waals surface area contributed by atoms with Crippen molar-refractivity contribution in [3.8, 4) is 0 Å². The zero-order chi connectivity index (χ0) is 11.6. The van der Waals surface area contributed by atoms with Crippen molar-refractivity contribution in [3.05, 3.63) is 0 Å². The maximum atomic E-state index is 5.38. The molecule has 2 saturated carbocycles. The predicted octanol–water partition coefficient (Wildman–Crippen LogP) is 2.33. The molecule has 0 aromatic carbocycles. The monoisotopic (exact) mass is 238 g/mol. The summed E-state index contributed by atoms with van der Waals surface area (Å²) >= 11 is 0. The van der Waals surface area contributed by atoms with Crippen molar-refractivity contribution in [2.45, 2.75) is 57.4 Å². The summed E-state index contributed by atoms with van der Waals surface area (Å²) in [7, 11) is 0. The quantitative estimate of drug-likeness (QED) is 0.799. The zero-order valence-corrected chi connectivity index (χ0v) is 10.9. The van der Waals surface area contributed by atoms with Gasteiger partial charge in [0, 0.05) is 19.1 Å². The minimum Gasteiger partial charge on any atom is -0.379 e. The second-order valence-electron chi connectivity index (χ2n) is 6.21. The lowest BCUT2D eigenvalue weighted by Gasteiger charge is -2.40. The molecule has 1 heterocycles. The Morgan fingerprint density at radius 3 is 2.24 bits per heavy atom. The second kappa shape index (κ2) is 5.25. The molecule has 0 atom stereocenters. The van der Waals surface area contributed by atoms with E-state index in [1.165, 1.54) is 51.4 Å². The van der Waals surface area contributed by atoms with Gasteiger partial charge in [0.15, 0.2) is 0 Å². The Kier molecular flexibility index (Phi) is 3.69. The molecule has 1 aliphatic heterocycles. The molecule has 2 aliphatic carbocycles. The van der Waals surface area contributed by atoms with Gasteiger partial charge in [0.1, 0.15) is 0 Å². The summed E-state index contributed by atoms with van der Waals surface area (Å²) in [6.07, 6.45) is 11.7. The molecule has 0 bridgehead atoms. The first-order valence-corrected chi connectivity index (χ1v) is 7.45. The van der Waals surface area contributed by atoms with E-state index >= 15 is 0 Å². The van der Waals surface area contributed by atoms with Gasteiger partial charge in [-0.05, 0) is 43.9 Å². The highest BCUT2D eigenvalue weighted by Gasteiger charge is 2.37. The number of morpholine rings is 1. The molecule has 3 nitrogen and oxygen atoms in total. The largest absolute Gasteiger partial charge is 0.379 e. The van der Waals surface area contributed by atoms with Crippen molar-refractivity contribution in [2.75, 3.05) is 26.3 Å². The molecule has 0 unspecified atom stereocenters. The van der Waals surface area contributed by atoms with E-state index in [1.54, 1.807) is 0 Å². The number of nitrogens with one attached hydrogen (secondary N) is 1. The van der Waals surface area contributed by atoms with Crippen LogP contribution in [0.2, 0.25) is 0 Å². The van der Waals surface area contributed by atoms with E-state index in [2.05, 4.69) is 10.4 Å². The number of ether oxygens (including phenoxy) is 1. The van der Waals surface area contributed by atoms with Crippen molar-refractivity contribution in [3.63, 3.8) is 0 Å². The van der Waals surface area contributed by atoms with Crippen molar-refractivity contribution >= 4 is 0 Å². The lowest BCUT2D eigenvalue weighted by atomic mass is 9.71. The summed E-state index contributed by atoms with van der Waals surface area (Å²) in [5, 5.41) is 2.38. The summed E-state index contributed by atoms with van der Waals surface area (Å²) in [5.74, 6) is 0. The van der Waals surface area contributed by atoms with Gasteiger partial charge in [-0.2, -0.15) is 0 Å². The molecule has 3 heteroatoms. The lowest BCUT2D eigenvalue weighted by molar-refractivity contribution is -0.00462. The van der Waals surface area contributed by atoms with Crippen LogP contribution < -0.4 is 5.43 Å². The van der Waals surface area contributed by atoms with Crippen LogP contribution in [0, 0.1) is 5.41 Å². The fourth-order valence-corrected chi connectivity index (χ4v) is 3.93. The average molecular weight is 238 g/mol. The van der Waals surface area contributed by atoms with E-state index in [0.717, 1.165) is 37.8 Å². The highest BCUT2D eigenvalue weighted by atomic mass is 16.5. The lowest BCUT2D eigenvalue weighted by Crippen LogP contribution is -2.51. The third kappa shape index (κ3) is 2.83. The van der Waals surface area contributed by atoms with Gasteiger partial charge in [-0.3, -0.25) is 5.43 Å². The van der Waals surface area contributed by atoms with E-state index in [-0.39, 0.29) is 0 Å². The van der Waals surface area contributed by atoms with Crippen LogP contribution in [0.15, 0.2) is 0 Å². The first-order chi connectivity index (χ1) is 8.36. The Balaban J connectivity index is 1.44. The smallest absolute Gasteiger partial charge is 0.0608 e. The minimum atomic E-state index is 0.735. The van der Waals surface area contributed by atoms with Crippen LogP contribution in [0.5, 0.6) is 0 Å². The highest BCUT2D eigenvalue weighted by Crippen LogP contribution is 2.48. The van der Waals surface area contributed by atoms with Crippen molar-refractivity contribution in [1.82, 2.24) is 10.4 Å². The molecular formula is C14H26N2O. The SMILES string of the molecule is C1CCC2(C1)CCC(NN1CCOCC1)CC2. The molecule has 1 spiro atoms. The van der Waals surface area contributed by atoms with E-state index < -0.39 is 0 Å². The highest BCUT2D eigenvalue weighted by molar-refractivity contribution is 4.91. The summed E-state index contributed by atoms with van der Waals surface area (Å²) in [6.45, 7) is 3.90. The molecule has 98 valence electrons. The van der Waals surface area contributed by atoms with Gasteiger partial charge in [-0.25, -0.2) is 5.01 Å². The number of nitrogens with zero attached hydrogens (tertiary/aromatic N) is 1. The molecule has 1 N–H and O–H groups in total. The van der Waals surface area contributed by atoms with Crippen LogP contribution in [0.3, 0.4) is 0 Å². The summed E-state index contributed by atoms with van der Waals surface area (Å²) in [6, 6.07) is 0.735. The number of hydrogen-bond acceptors (Lipinski definition) is 3. The third-order valence-corrected chi connectivity index (χ3v) is 5.09. The molecule has 1 saturated heterocycles. The molecule has 3 aliphatic rings. The summed E-state index contributed by atoms with van der Waals surface area (Å²) in [5.41, 5.74) is 4.48. The van der Waals surface area contributed by atoms with Gasteiger partial charge in [0.2, 0.25) is 0 Å². The Hall–Kier alpha value is -0.120. The van der Waals surface area contributed by atoms with Crippen molar-refractivity contribution < 1.29 is 4.74 Å². The Labute approximate surface area is 105 Å². The van der Waals surface area contributed by atoms with E-state index in [1.807, 2.05) is 0 Å². The van der Waals surface area contributed by atoms with Crippen LogP contribution in [-0.4, -0.2) is 37.4 Å². The van der Waals surface area contributed by atoms with E-state index in [0.29, 0.717) is 0 Å². The number of hydrazine groups is 1. The van der Waals surface area contributed by atoms with Gasteiger partial charge in [0.05, 0.1) is 13.2 Å². The third-order valence-electron chi connectivity index (χ3n) is 5.09. The molecule has 0 aromatic heterocycles. The Bertz CT molecular complexity index is 235. The first kappa shape index (κ1) is 11.9. The van der Waals surface area contributed by atoms with Gasteiger partial charge in [0.25, 0.3) is 0 Å². The summed E-state index contributed by atoms with van der Waals surface area (Å²) < 4.78 is 5.38. The van der Waals surface area contributed by atoms with Gasteiger partial charge in [-0.1, -0.05) is 12.8 Å². The molecule has 3 rings (SSSR count). The van der Waals surface area contributed by atoms with Crippen LogP contribution in [0.25, 0.3) is 0 Å². The average Bonchev–Trinajstić information content (AvgIpc) is 2.83. The molecule has 3 fully saturated rings. The molecule has 0 radical (unpaired) electrons. The maximum Gasteiger partial charge on any atom is 0.0608 e. The fraction of sp³-hybridized carbons (Fsp3) is 1.00. The molecular weight excluding hydrogens is 212 g/mol. The van der Waals surface area contributed by atoms with Crippen LogP contribution in [0.4, 0.5) is 0 Å². The van der Waals surface area contributed by atoms with E-state index in [4.69, 9.17) is 4.74 Å². The maximum absolute atomic E-state index is 5.38. The Morgan fingerprint density at radius 2 is 1.59 bits per heavy atom. The zero-order valence-electron chi connectivity index (χ0n) is 10.9. The summed E-state index contributed by atoms with van der Waals surface area (Å²) in [4.78, 5) is 0. The Morgan fingerprint density at radius 1 is 0.941 bits per heavy atom. The van der Waals surface area contributed by atoms with Gasteiger partial charge in [-0.15, -0.1) is 0 Å². The van der Waals surface area contributed by atoms with Crippen LogP contribution in [0.1, 0.15) is 51.4 Å². The van der Waals surface area contributed by atoms with Crippen molar-refractivity contribution in [1.29, 1.82) is 0 Å². The van der Waals surface area contributed by atoms with Crippen LogP contribution >= 0.6 is 0 Å².